The Bertz CT molecular complexity index is 651. The molecule has 0 aliphatic carbocycles. The third-order valence-electron chi connectivity index (χ3n) is 4.43. The van der Waals surface area contributed by atoms with Crippen LogP contribution in [0.1, 0.15) is 11.1 Å². The lowest BCUT2D eigenvalue weighted by molar-refractivity contribution is 0.0694. The first-order valence-corrected chi connectivity index (χ1v) is 8.30. The van der Waals surface area contributed by atoms with Crippen LogP contribution < -0.4 is 0 Å². The van der Waals surface area contributed by atoms with Crippen molar-refractivity contribution >= 4 is 12.4 Å². The van der Waals surface area contributed by atoms with E-state index in [2.05, 4.69) is 9.98 Å². The van der Waals surface area contributed by atoms with Crippen molar-refractivity contribution in [1.82, 2.24) is 0 Å². The third-order valence-corrected chi connectivity index (χ3v) is 4.43. The molecule has 2 aliphatic heterocycles. The molecular formula is C20H20N2O2. The molecular weight excluding hydrogens is 300 g/mol. The highest BCUT2D eigenvalue weighted by atomic mass is 16.6. The number of rotatable bonds is 4. The standard InChI is InChI=1S/C20H20N2O2/c1-3-7-15(8-4-1)11-21-17-13-23-20-18(14-24-19(17)20)22-12-16-9-5-2-6-10-16/h1-12,17-20H,13-14H2/t17-,18-,19+,20+/m0/s1. The lowest BCUT2D eigenvalue weighted by Gasteiger charge is -2.12. The molecule has 0 spiro atoms. The van der Waals surface area contributed by atoms with E-state index < -0.39 is 0 Å². The maximum absolute atomic E-state index is 5.93. The number of benzene rings is 2. The molecule has 2 saturated heterocycles. The van der Waals surface area contributed by atoms with Crippen LogP contribution in [0.2, 0.25) is 0 Å². The Labute approximate surface area is 141 Å². The molecule has 4 heteroatoms. The van der Waals surface area contributed by atoms with Crippen molar-refractivity contribution in [2.75, 3.05) is 13.2 Å². The van der Waals surface area contributed by atoms with Crippen LogP contribution in [-0.2, 0) is 9.47 Å². The number of ether oxygens (including phenoxy) is 2. The van der Waals surface area contributed by atoms with Crippen LogP contribution in [0.3, 0.4) is 0 Å². The number of hydrogen-bond acceptors (Lipinski definition) is 4. The highest BCUT2D eigenvalue weighted by Crippen LogP contribution is 2.30. The summed E-state index contributed by atoms with van der Waals surface area (Å²) < 4.78 is 11.9. The Kier molecular flexibility index (Phi) is 4.49. The van der Waals surface area contributed by atoms with Crippen molar-refractivity contribution in [1.29, 1.82) is 0 Å². The van der Waals surface area contributed by atoms with E-state index in [1.54, 1.807) is 0 Å². The second-order valence-electron chi connectivity index (χ2n) is 6.11. The number of hydrogen-bond donors (Lipinski definition) is 0. The van der Waals surface area contributed by atoms with Crippen molar-refractivity contribution in [3.63, 3.8) is 0 Å². The minimum Gasteiger partial charge on any atom is -0.371 e. The van der Waals surface area contributed by atoms with E-state index in [-0.39, 0.29) is 24.3 Å². The Hall–Kier alpha value is -2.30. The van der Waals surface area contributed by atoms with E-state index in [1.807, 2.05) is 73.1 Å². The molecule has 2 aromatic rings. The molecule has 4 atom stereocenters. The van der Waals surface area contributed by atoms with E-state index in [9.17, 15) is 0 Å². The van der Waals surface area contributed by atoms with E-state index in [4.69, 9.17) is 9.47 Å². The van der Waals surface area contributed by atoms with Crippen LogP contribution in [0.25, 0.3) is 0 Å². The molecule has 24 heavy (non-hydrogen) atoms. The Balaban J connectivity index is 1.40. The highest BCUT2D eigenvalue weighted by molar-refractivity contribution is 5.80. The molecule has 2 heterocycles. The lowest BCUT2D eigenvalue weighted by atomic mass is 10.1. The van der Waals surface area contributed by atoms with Gasteiger partial charge in [0, 0.05) is 12.4 Å². The minimum absolute atomic E-state index is 0.00267. The predicted octanol–water partition coefficient (Wildman–Crippen LogP) is 2.76. The van der Waals surface area contributed by atoms with Gasteiger partial charge in [-0.1, -0.05) is 60.7 Å². The van der Waals surface area contributed by atoms with Crippen molar-refractivity contribution < 1.29 is 9.47 Å². The monoisotopic (exact) mass is 320 g/mol. The summed E-state index contributed by atoms with van der Waals surface area (Å²) in [4.78, 5) is 9.32. The zero-order valence-electron chi connectivity index (χ0n) is 13.4. The fourth-order valence-corrected chi connectivity index (χ4v) is 3.16. The van der Waals surface area contributed by atoms with Crippen LogP contribution in [0.5, 0.6) is 0 Å². The number of aliphatic imine (C=N–C) groups is 2. The molecule has 0 unspecified atom stereocenters. The van der Waals surface area contributed by atoms with E-state index in [1.165, 1.54) is 0 Å². The maximum Gasteiger partial charge on any atom is 0.110 e. The summed E-state index contributed by atoms with van der Waals surface area (Å²) >= 11 is 0. The molecule has 4 rings (SSSR count). The Morgan fingerprint density at radius 3 is 1.50 bits per heavy atom. The van der Waals surface area contributed by atoms with Crippen molar-refractivity contribution in [2.45, 2.75) is 24.3 Å². The van der Waals surface area contributed by atoms with Gasteiger partial charge in [0.05, 0.1) is 13.2 Å². The third kappa shape index (κ3) is 3.30. The van der Waals surface area contributed by atoms with E-state index in [0.29, 0.717) is 13.2 Å². The largest absolute Gasteiger partial charge is 0.371 e. The fourth-order valence-electron chi connectivity index (χ4n) is 3.16. The quantitative estimate of drug-likeness (QED) is 0.813. The summed E-state index contributed by atoms with van der Waals surface area (Å²) in [5, 5.41) is 0. The summed E-state index contributed by atoms with van der Waals surface area (Å²) in [6.07, 6.45) is 3.81. The SMILES string of the molecule is C(=N[C@H]1CO[C@H]2[C@@H]1OC[C@@H]2N=Cc1ccccc1)c1ccccc1. The molecule has 4 nitrogen and oxygen atoms in total. The first-order valence-electron chi connectivity index (χ1n) is 8.30. The highest BCUT2D eigenvalue weighted by Gasteiger charge is 2.47. The van der Waals surface area contributed by atoms with E-state index >= 15 is 0 Å². The van der Waals surface area contributed by atoms with Crippen molar-refractivity contribution in [3.05, 3.63) is 71.8 Å². The molecule has 0 saturated carbocycles. The smallest absolute Gasteiger partial charge is 0.110 e. The number of nitrogens with zero attached hydrogens (tertiary/aromatic N) is 2. The molecule has 0 bridgehead atoms. The van der Waals surface area contributed by atoms with Gasteiger partial charge in [0.2, 0.25) is 0 Å². The van der Waals surface area contributed by atoms with Gasteiger partial charge in [0.25, 0.3) is 0 Å². The van der Waals surface area contributed by atoms with Crippen LogP contribution in [0, 0.1) is 0 Å². The lowest BCUT2D eigenvalue weighted by Crippen LogP contribution is -2.30. The second kappa shape index (κ2) is 7.07. The summed E-state index contributed by atoms with van der Waals surface area (Å²) in [5.74, 6) is 0. The van der Waals surface area contributed by atoms with Crippen LogP contribution in [0.4, 0.5) is 0 Å². The zero-order chi connectivity index (χ0) is 16.2. The van der Waals surface area contributed by atoms with Gasteiger partial charge in [-0.15, -0.1) is 0 Å². The Morgan fingerprint density at radius 1 is 0.667 bits per heavy atom. The van der Waals surface area contributed by atoms with Crippen LogP contribution in [-0.4, -0.2) is 49.9 Å². The molecule has 0 N–H and O–H groups in total. The molecule has 2 aromatic carbocycles. The summed E-state index contributed by atoms with van der Waals surface area (Å²) in [5.41, 5.74) is 2.19. The topological polar surface area (TPSA) is 43.2 Å². The molecule has 0 aromatic heterocycles. The van der Waals surface area contributed by atoms with E-state index in [0.717, 1.165) is 11.1 Å². The van der Waals surface area contributed by atoms with Gasteiger partial charge in [0.15, 0.2) is 0 Å². The summed E-state index contributed by atoms with van der Waals surface area (Å²) in [7, 11) is 0. The zero-order valence-corrected chi connectivity index (χ0v) is 13.4. The van der Waals surface area contributed by atoms with Gasteiger partial charge in [-0.05, 0) is 11.1 Å². The van der Waals surface area contributed by atoms with Gasteiger partial charge in [0.1, 0.15) is 24.3 Å². The van der Waals surface area contributed by atoms with Crippen molar-refractivity contribution in [2.24, 2.45) is 9.98 Å². The summed E-state index contributed by atoms with van der Waals surface area (Å²) in [6.45, 7) is 1.19. The Morgan fingerprint density at radius 2 is 1.08 bits per heavy atom. The molecule has 0 radical (unpaired) electrons. The fraction of sp³-hybridized carbons (Fsp3) is 0.300. The van der Waals surface area contributed by atoms with Gasteiger partial charge < -0.3 is 9.47 Å². The van der Waals surface area contributed by atoms with Crippen molar-refractivity contribution in [3.8, 4) is 0 Å². The summed E-state index contributed by atoms with van der Waals surface area (Å²) in [6, 6.07) is 20.3. The first kappa shape index (κ1) is 15.2. The first-order chi connectivity index (χ1) is 11.9. The maximum atomic E-state index is 5.93. The van der Waals surface area contributed by atoms with Crippen LogP contribution >= 0.6 is 0 Å². The second-order valence-corrected chi connectivity index (χ2v) is 6.11. The molecule has 122 valence electrons. The normalized spacial score (nSPS) is 29.5. The molecule has 2 fully saturated rings. The predicted molar refractivity (Wildman–Crippen MR) is 95.1 cm³/mol. The van der Waals surface area contributed by atoms with Gasteiger partial charge >= 0.3 is 0 Å². The van der Waals surface area contributed by atoms with Crippen LogP contribution in [0.15, 0.2) is 70.6 Å². The number of fused-ring (bicyclic) bond motifs is 1. The average molecular weight is 320 g/mol. The average Bonchev–Trinajstić information content (AvgIpc) is 3.22. The van der Waals surface area contributed by atoms with Gasteiger partial charge in [-0.25, -0.2) is 0 Å². The van der Waals surface area contributed by atoms with Gasteiger partial charge in [-0.3, -0.25) is 9.98 Å². The molecule has 2 aliphatic rings. The molecule has 0 amide bonds. The minimum atomic E-state index is 0.00267. The van der Waals surface area contributed by atoms with Gasteiger partial charge in [-0.2, -0.15) is 0 Å².